The van der Waals surface area contributed by atoms with Gasteiger partial charge >= 0.3 is 6.61 Å². The van der Waals surface area contributed by atoms with Crippen LogP contribution in [-0.2, 0) is 7.05 Å². The molecule has 0 unspecified atom stereocenters. The predicted molar refractivity (Wildman–Crippen MR) is 75.3 cm³/mol. The van der Waals surface area contributed by atoms with Crippen molar-refractivity contribution in [3.8, 4) is 17.0 Å². The van der Waals surface area contributed by atoms with Gasteiger partial charge in [-0.05, 0) is 30.7 Å². The summed E-state index contributed by atoms with van der Waals surface area (Å²) < 4.78 is 31.7. The van der Waals surface area contributed by atoms with Crippen LogP contribution >= 0.6 is 0 Å². The number of benzene rings is 1. The molecule has 0 N–H and O–H groups in total. The molecule has 0 amide bonds. The summed E-state index contributed by atoms with van der Waals surface area (Å²) in [5, 5.41) is 0. The molecule has 6 heteroatoms. The molecule has 3 rings (SSSR count). The number of aromatic nitrogens is 3. The van der Waals surface area contributed by atoms with Gasteiger partial charge in [0.1, 0.15) is 17.0 Å². The van der Waals surface area contributed by atoms with Gasteiger partial charge in [0.15, 0.2) is 0 Å². The van der Waals surface area contributed by atoms with Gasteiger partial charge in [-0.25, -0.2) is 4.98 Å². The lowest BCUT2D eigenvalue weighted by atomic mass is 10.1. The van der Waals surface area contributed by atoms with E-state index in [4.69, 9.17) is 0 Å². The molecule has 0 aliphatic carbocycles. The largest absolute Gasteiger partial charge is 0.434 e. The van der Waals surface area contributed by atoms with E-state index in [0.717, 1.165) is 11.1 Å². The van der Waals surface area contributed by atoms with Crippen molar-refractivity contribution in [2.45, 2.75) is 13.5 Å². The van der Waals surface area contributed by atoms with Crippen LogP contribution in [0.15, 0.2) is 36.8 Å². The Kier molecular flexibility index (Phi) is 3.29. The van der Waals surface area contributed by atoms with Gasteiger partial charge in [0.2, 0.25) is 0 Å². The maximum absolute atomic E-state index is 12.6. The van der Waals surface area contributed by atoms with Gasteiger partial charge < -0.3 is 9.30 Å². The third kappa shape index (κ3) is 2.44. The first-order valence-corrected chi connectivity index (χ1v) is 6.38. The highest BCUT2D eigenvalue weighted by molar-refractivity contribution is 5.91. The molecule has 2 heterocycles. The Morgan fingerprint density at radius 2 is 2.00 bits per heavy atom. The maximum Gasteiger partial charge on any atom is 0.387 e. The average molecular weight is 289 g/mol. The Bertz CT molecular complexity index is 799. The maximum atomic E-state index is 12.6. The van der Waals surface area contributed by atoms with Crippen LogP contribution in [0.5, 0.6) is 5.75 Å². The Balaban J connectivity index is 2.23. The zero-order valence-corrected chi connectivity index (χ0v) is 11.5. The predicted octanol–water partition coefficient (Wildman–Crippen LogP) is 3.55. The van der Waals surface area contributed by atoms with Crippen LogP contribution in [-0.4, -0.2) is 21.1 Å². The molecule has 3 aromatic rings. The lowest BCUT2D eigenvalue weighted by Crippen LogP contribution is -2.04. The lowest BCUT2D eigenvalue weighted by molar-refractivity contribution is -0.0494. The molecule has 4 nitrogen and oxygen atoms in total. The molecular weight excluding hydrogens is 276 g/mol. The zero-order chi connectivity index (χ0) is 15.0. The first-order chi connectivity index (χ1) is 10.1. The van der Waals surface area contributed by atoms with Gasteiger partial charge in [0.05, 0.1) is 11.8 Å². The summed E-state index contributed by atoms with van der Waals surface area (Å²) >= 11 is 0. The van der Waals surface area contributed by atoms with Crippen molar-refractivity contribution >= 4 is 11.0 Å². The summed E-state index contributed by atoms with van der Waals surface area (Å²) in [6, 6.07) is 6.96. The number of fused-ring (bicyclic) bond motifs is 1. The molecule has 0 saturated heterocycles. The van der Waals surface area contributed by atoms with E-state index in [1.54, 1.807) is 24.7 Å². The minimum Gasteiger partial charge on any atom is -0.434 e. The van der Waals surface area contributed by atoms with Crippen LogP contribution in [0, 0.1) is 6.92 Å². The first kappa shape index (κ1) is 13.5. The number of nitrogens with zero attached hydrogens (tertiary/aromatic N) is 3. The van der Waals surface area contributed by atoms with E-state index in [2.05, 4.69) is 14.7 Å². The summed E-state index contributed by atoms with van der Waals surface area (Å²) in [5.41, 5.74) is 3.41. The number of imidazole rings is 1. The fourth-order valence-electron chi connectivity index (χ4n) is 2.28. The smallest absolute Gasteiger partial charge is 0.387 e. The minimum absolute atomic E-state index is 0.107. The van der Waals surface area contributed by atoms with Crippen molar-refractivity contribution in [1.29, 1.82) is 0 Å². The lowest BCUT2D eigenvalue weighted by Gasteiger charge is -2.11. The van der Waals surface area contributed by atoms with Gasteiger partial charge in [-0.3, -0.25) is 4.98 Å². The number of pyridine rings is 1. The summed E-state index contributed by atoms with van der Waals surface area (Å²) in [6.45, 7) is -1.06. The number of ether oxygens (including phenoxy) is 1. The number of hydrogen-bond donors (Lipinski definition) is 0. The normalized spacial score (nSPS) is 11.3. The molecule has 2 aromatic heterocycles. The molecule has 0 fully saturated rings. The third-order valence-electron chi connectivity index (χ3n) is 3.25. The van der Waals surface area contributed by atoms with Crippen molar-refractivity contribution < 1.29 is 13.5 Å². The molecule has 21 heavy (non-hydrogen) atoms. The SMILES string of the molecule is Cc1ccc(-c2nccc3c2ncn3C)c(OC(F)F)c1. The van der Waals surface area contributed by atoms with Crippen molar-refractivity contribution in [1.82, 2.24) is 14.5 Å². The highest BCUT2D eigenvalue weighted by Crippen LogP contribution is 2.34. The van der Waals surface area contributed by atoms with Gasteiger partial charge in [0, 0.05) is 18.8 Å². The summed E-state index contributed by atoms with van der Waals surface area (Å²) in [6.07, 6.45) is 3.29. The molecule has 0 saturated carbocycles. The molecule has 108 valence electrons. The topological polar surface area (TPSA) is 39.9 Å². The van der Waals surface area contributed by atoms with E-state index in [1.165, 1.54) is 0 Å². The highest BCUT2D eigenvalue weighted by Gasteiger charge is 2.16. The molecule has 0 atom stereocenters. The van der Waals surface area contributed by atoms with E-state index in [9.17, 15) is 8.78 Å². The Hall–Kier alpha value is -2.50. The molecule has 1 aromatic carbocycles. The monoisotopic (exact) mass is 289 g/mol. The van der Waals surface area contributed by atoms with Crippen LogP contribution < -0.4 is 4.74 Å². The van der Waals surface area contributed by atoms with Crippen LogP contribution in [0.3, 0.4) is 0 Å². The van der Waals surface area contributed by atoms with Crippen molar-refractivity contribution in [3.05, 3.63) is 42.4 Å². The minimum atomic E-state index is -2.88. The highest BCUT2D eigenvalue weighted by atomic mass is 19.3. The summed E-state index contributed by atoms with van der Waals surface area (Å²) in [4.78, 5) is 8.58. The summed E-state index contributed by atoms with van der Waals surface area (Å²) in [7, 11) is 1.87. The summed E-state index contributed by atoms with van der Waals surface area (Å²) in [5.74, 6) is 0.107. The van der Waals surface area contributed by atoms with E-state index in [1.807, 2.05) is 30.7 Å². The van der Waals surface area contributed by atoms with Gasteiger partial charge in [-0.1, -0.05) is 6.07 Å². The second-order valence-corrected chi connectivity index (χ2v) is 4.76. The van der Waals surface area contributed by atoms with E-state index in [-0.39, 0.29) is 5.75 Å². The Labute approximate surface area is 120 Å². The van der Waals surface area contributed by atoms with Crippen molar-refractivity contribution in [3.63, 3.8) is 0 Å². The Morgan fingerprint density at radius 1 is 1.19 bits per heavy atom. The van der Waals surface area contributed by atoms with E-state index < -0.39 is 6.61 Å². The standard InChI is InChI=1S/C15H13F2N3O/c1-9-3-4-10(12(7-9)21-15(16)17)13-14-11(5-6-18-13)20(2)8-19-14/h3-8,15H,1-2H3. The Morgan fingerprint density at radius 3 is 2.76 bits per heavy atom. The van der Waals surface area contributed by atoms with Crippen LogP contribution in [0.4, 0.5) is 8.78 Å². The molecule has 0 aliphatic rings. The number of aryl methyl sites for hydroxylation is 2. The first-order valence-electron chi connectivity index (χ1n) is 6.38. The van der Waals surface area contributed by atoms with Crippen LogP contribution in [0.2, 0.25) is 0 Å². The second-order valence-electron chi connectivity index (χ2n) is 4.76. The van der Waals surface area contributed by atoms with Gasteiger partial charge in [-0.15, -0.1) is 0 Å². The quantitative estimate of drug-likeness (QED) is 0.740. The number of hydrogen-bond acceptors (Lipinski definition) is 3. The zero-order valence-electron chi connectivity index (χ0n) is 11.5. The van der Waals surface area contributed by atoms with E-state index >= 15 is 0 Å². The van der Waals surface area contributed by atoms with Crippen molar-refractivity contribution in [2.75, 3.05) is 0 Å². The molecule has 0 aliphatic heterocycles. The van der Waals surface area contributed by atoms with Crippen molar-refractivity contribution in [2.24, 2.45) is 7.05 Å². The number of rotatable bonds is 3. The fourth-order valence-corrected chi connectivity index (χ4v) is 2.28. The van der Waals surface area contributed by atoms with Crippen LogP contribution in [0.1, 0.15) is 5.56 Å². The molecular formula is C15H13F2N3O. The second kappa shape index (κ2) is 5.12. The molecule has 0 radical (unpaired) electrons. The molecule has 0 bridgehead atoms. The number of halogens is 2. The average Bonchev–Trinajstić information content (AvgIpc) is 2.81. The number of alkyl halides is 2. The third-order valence-corrected chi connectivity index (χ3v) is 3.25. The fraction of sp³-hybridized carbons (Fsp3) is 0.200. The van der Waals surface area contributed by atoms with E-state index in [0.29, 0.717) is 16.8 Å². The van der Waals surface area contributed by atoms with Crippen LogP contribution in [0.25, 0.3) is 22.3 Å². The molecule has 0 spiro atoms. The van der Waals surface area contributed by atoms with Gasteiger partial charge in [-0.2, -0.15) is 8.78 Å². The van der Waals surface area contributed by atoms with Gasteiger partial charge in [0.25, 0.3) is 0 Å².